The van der Waals surface area contributed by atoms with Gasteiger partial charge in [0.25, 0.3) is 5.91 Å². The Balaban J connectivity index is 1.40. The minimum atomic E-state index is 0.0557. The molecule has 0 radical (unpaired) electrons. The minimum Gasteiger partial charge on any atom is -0.335 e. The molecule has 0 aliphatic carbocycles. The number of likely N-dealkylation sites (N-methyl/N-ethyl adjacent to an activating group) is 1. The molecule has 0 unspecified atom stereocenters. The van der Waals surface area contributed by atoms with Crippen LogP contribution in [0.2, 0.25) is 0 Å². The zero-order valence-corrected chi connectivity index (χ0v) is 16.1. The summed E-state index contributed by atoms with van der Waals surface area (Å²) < 4.78 is 1.98. The maximum absolute atomic E-state index is 12.8. The molecule has 0 spiro atoms. The Hall–Kier alpha value is -2.32. The smallest absolute Gasteiger partial charge is 0.274 e. The summed E-state index contributed by atoms with van der Waals surface area (Å²) in [5.41, 5.74) is 2.80. The summed E-state index contributed by atoms with van der Waals surface area (Å²) in [7, 11) is 2.09. The van der Waals surface area contributed by atoms with E-state index in [0.717, 1.165) is 75.9 Å². The van der Waals surface area contributed by atoms with Crippen LogP contribution in [0.4, 0.5) is 0 Å². The van der Waals surface area contributed by atoms with Gasteiger partial charge in [0.15, 0.2) is 5.69 Å². The number of aromatic nitrogens is 4. The second kappa shape index (κ2) is 7.74. The summed E-state index contributed by atoms with van der Waals surface area (Å²) in [6.45, 7) is 8.77. The van der Waals surface area contributed by atoms with E-state index in [4.69, 9.17) is 0 Å². The lowest BCUT2D eigenvalue weighted by Crippen LogP contribution is -2.47. The quantitative estimate of drug-likeness (QED) is 0.788. The highest BCUT2D eigenvalue weighted by Gasteiger charge is 2.25. The van der Waals surface area contributed by atoms with Gasteiger partial charge >= 0.3 is 0 Å². The number of hydrogen-bond donors (Lipinski definition) is 0. The van der Waals surface area contributed by atoms with E-state index in [-0.39, 0.29) is 5.91 Å². The SMILES string of the molecule is CCc1ncc(CN2CCn3nc(C(=O)N4CCN(C)CC4)cc3C2)cn1. The van der Waals surface area contributed by atoms with Crippen molar-refractivity contribution in [2.45, 2.75) is 33.0 Å². The van der Waals surface area contributed by atoms with Crippen molar-refractivity contribution in [2.75, 3.05) is 39.8 Å². The van der Waals surface area contributed by atoms with Gasteiger partial charge in [0.2, 0.25) is 0 Å². The first kappa shape index (κ1) is 18.1. The number of carbonyl (C=O) groups is 1. The van der Waals surface area contributed by atoms with Gasteiger partial charge in [-0.15, -0.1) is 0 Å². The molecule has 27 heavy (non-hydrogen) atoms. The van der Waals surface area contributed by atoms with Crippen LogP contribution in [0.5, 0.6) is 0 Å². The van der Waals surface area contributed by atoms with E-state index in [2.05, 4.69) is 38.8 Å². The molecule has 0 aromatic carbocycles. The molecule has 8 nitrogen and oxygen atoms in total. The Kier molecular flexibility index (Phi) is 5.18. The van der Waals surface area contributed by atoms with Gasteiger partial charge in [-0.2, -0.15) is 5.10 Å². The highest BCUT2D eigenvalue weighted by Crippen LogP contribution is 2.17. The molecular formula is C19H27N7O. The van der Waals surface area contributed by atoms with Crippen molar-refractivity contribution < 1.29 is 4.79 Å². The van der Waals surface area contributed by atoms with Crippen molar-refractivity contribution in [3.8, 4) is 0 Å². The summed E-state index contributed by atoms with van der Waals surface area (Å²) in [4.78, 5) is 28.0. The number of aryl methyl sites for hydroxylation is 1. The Bertz CT molecular complexity index is 793. The molecule has 4 heterocycles. The third-order valence-corrected chi connectivity index (χ3v) is 5.37. The first-order chi connectivity index (χ1) is 13.1. The Morgan fingerprint density at radius 2 is 1.81 bits per heavy atom. The van der Waals surface area contributed by atoms with Crippen LogP contribution >= 0.6 is 0 Å². The van der Waals surface area contributed by atoms with E-state index in [1.165, 1.54) is 0 Å². The molecule has 0 saturated carbocycles. The number of hydrogen-bond acceptors (Lipinski definition) is 6. The molecule has 2 aromatic rings. The van der Waals surface area contributed by atoms with Crippen LogP contribution in [0.3, 0.4) is 0 Å². The van der Waals surface area contributed by atoms with Crippen molar-refractivity contribution in [1.82, 2.24) is 34.4 Å². The Labute approximate surface area is 159 Å². The first-order valence-electron chi connectivity index (χ1n) is 9.69. The largest absolute Gasteiger partial charge is 0.335 e. The fraction of sp³-hybridized carbons (Fsp3) is 0.579. The molecule has 0 atom stereocenters. The molecular weight excluding hydrogens is 342 g/mol. The molecule has 2 aromatic heterocycles. The van der Waals surface area contributed by atoms with E-state index in [1.807, 2.05) is 28.0 Å². The third kappa shape index (κ3) is 4.01. The molecule has 4 rings (SSSR count). The summed E-state index contributed by atoms with van der Waals surface area (Å²) in [6.07, 6.45) is 4.69. The first-order valence-corrected chi connectivity index (χ1v) is 9.69. The van der Waals surface area contributed by atoms with Crippen molar-refractivity contribution in [2.24, 2.45) is 0 Å². The lowest BCUT2D eigenvalue weighted by atomic mass is 10.2. The zero-order valence-electron chi connectivity index (χ0n) is 16.1. The van der Waals surface area contributed by atoms with Crippen LogP contribution in [0.1, 0.15) is 34.5 Å². The van der Waals surface area contributed by atoms with E-state index in [9.17, 15) is 4.79 Å². The number of piperazine rings is 1. The van der Waals surface area contributed by atoms with Crippen LogP contribution in [-0.2, 0) is 26.1 Å². The van der Waals surface area contributed by atoms with Crippen LogP contribution in [0, 0.1) is 0 Å². The number of nitrogens with zero attached hydrogens (tertiary/aromatic N) is 7. The average Bonchev–Trinajstić information content (AvgIpc) is 3.12. The second-order valence-corrected chi connectivity index (χ2v) is 7.41. The number of rotatable bonds is 4. The van der Waals surface area contributed by atoms with Crippen molar-refractivity contribution >= 4 is 5.91 Å². The Morgan fingerprint density at radius 1 is 1.07 bits per heavy atom. The molecule has 2 aliphatic heterocycles. The summed E-state index contributed by atoms with van der Waals surface area (Å²) in [6, 6.07) is 1.96. The van der Waals surface area contributed by atoms with Crippen LogP contribution in [0.15, 0.2) is 18.5 Å². The molecule has 1 saturated heterocycles. The number of carbonyl (C=O) groups excluding carboxylic acids is 1. The molecule has 144 valence electrons. The van der Waals surface area contributed by atoms with Gasteiger partial charge in [0.05, 0.1) is 12.2 Å². The monoisotopic (exact) mass is 369 g/mol. The van der Waals surface area contributed by atoms with E-state index < -0.39 is 0 Å². The van der Waals surface area contributed by atoms with Crippen LogP contribution in [0.25, 0.3) is 0 Å². The van der Waals surface area contributed by atoms with Gasteiger partial charge in [-0.3, -0.25) is 14.4 Å². The zero-order chi connectivity index (χ0) is 18.8. The fourth-order valence-corrected chi connectivity index (χ4v) is 3.64. The van der Waals surface area contributed by atoms with Gasteiger partial charge in [0.1, 0.15) is 5.82 Å². The highest BCUT2D eigenvalue weighted by atomic mass is 16.2. The highest BCUT2D eigenvalue weighted by molar-refractivity contribution is 5.92. The summed E-state index contributed by atoms with van der Waals surface area (Å²) in [5.74, 6) is 0.933. The Morgan fingerprint density at radius 3 is 2.52 bits per heavy atom. The van der Waals surface area contributed by atoms with Gasteiger partial charge in [0, 0.05) is 70.2 Å². The number of amides is 1. The van der Waals surface area contributed by atoms with Gasteiger partial charge in [-0.05, 0) is 13.1 Å². The van der Waals surface area contributed by atoms with Crippen LogP contribution < -0.4 is 0 Å². The third-order valence-electron chi connectivity index (χ3n) is 5.37. The van der Waals surface area contributed by atoms with Crippen molar-refractivity contribution in [1.29, 1.82) is 0 Å². The molecule has 0 N–H and O–H groups in total. The topological polar surface area (TPSA) is 70.4 Å². The maximum Gasteiger partial charge on any atom is 0.274 e. The van der Waals surface area contributed by atoms with E-state index in [1.54, 1.807) is 0 Å². The molecule has 0 bridgehead atoms. The lowest BCUT2D eigenvalue weighted by Gasteiger charge is -2.31. The summed E-state index contributed by atoms with van der Waals surface area (Å²) >= 11 is 0. The summed E-state index contributed by atoms with van der Waals surface area (Å²) in [5, 5.41) is 4.57. The van der Waals surface area contributed by atoms with Gasteiger partial charge in [-0.1, -0.05) is 6.92 Å². The van der Waals surface area contributed by atoms with Crippen molar-refractivity contribution in [3.63, 3.8) is 0 Å². The predicted octanol–water partition coefficient (Wildman–Crippen LogP) is 0.639. The molecule has 1 amide bonds. The number of fused-ring (bicyclic) bond motifs is 1. The average molecular weight is 369 g/mol. The lowest BCUT2D eigenvalue weighted by molar-refractivity contribution is 0.0657. The second-order valence-electron chi connectivity index (χ2n) is 7.41. The normalized spacial score (nSPS) is 18.5. The fourth-order valence-electron chi connectivity index (χ4n) is 3.64. The molecule has 2 aliphatic rings. The molecule has 8 heteroatoms. The van der Waals surface area contributed by atoms with E-state index >= 15 is 0 Å². The van der Waals surface area contributed by atoms with Crippen LogP contribution in [-0.4, -0.2) is 80.1 Å². The standard InChI is InChI=1S/C19H27N7O/c1-3-18-20-11-15(12-21-18)13-24-6-9-26-16(14-24)10-17(22-26)19(27)25-7-4-23(2)5-8-25/h10-12H,3-9,13-14H2,1-2H3. The van der Waals surface area contributed by atoms with Gasteiger partial charge < -0.3 is 9.80 Å². The van der Waals surface area contributed by atoms with Gasteiger partial charge in [-0.25, -0.2) is 9.97 Å². The minimum absolute atomic E-state index is 0.0557. The predicted molar refractivity (Wildman–Crippen MR) is 101 cm³/mol. The van der Waals surface area contributed by atoms with Crippen molar-refractivity contribution in [3.05, 3.63) is 41.2 Å². The van der Waals surface area contributed by atoms with E-state index in [0.29, 0.717) is 5.69 Å². The molecule has 1 fully saturated rings. The maximum atomic E-state index is 12.8.